The van der Waals surface area contributed by atoms with Crippen LogP contribution in [-0.2, 0) is 6.54 Å². The van der Waals surface area contributed by atoms with E-state index in [4.69, 9.17) is 5.73 Å². The molecule has 1 aliphatic heterocycles. The quantitative estimate of drug-likeness (QED) is 0.879. The van der Waals surface area contributed by atoms with Crippen molar-refractivity contribution in [2.75, 3.05) is 26.2 Å². The average molecular weight is 261 g/mol. The first-order valence-electron chi connectivity index (χ1n) is 7.42. The second kappa shape index (κ2) is 7.04. The van der Waals surface area contributed by atoms with Crippen molar-refractivity contribution in [2.24, 2.45) is 5.73 Å². The predicted molar refractivity (Wildman–Crippen MR) is 81.0 cm³/mol. The number of piperazine rings is 1. The number of rotatable bonds is 5. The van der Waals surface area contributed by atoms with Gasteiger partial charge in [-0.15, -0.1) is 0 Å². The Balaban J connectivity index is 1.92. The van der Waals surface area contributed by atoms with Gasteiger partial charge in [0.25, 0.3) is 0 Å². The minimum absolute atomic E-state index is 0.613. The lowest BCUT2D eigenvalue weighted by atomic mass is 10.1. The minimum atomic E-state index is 0.613. The Morgan fingerprint density at radius 3 is 2.32 bits per heavy atom. The molecule has 0 saturated carbocycles. The zero-order valence-electron chi connectivity index (χ0n) is 12.3. The summed E-state index contributed by atoms with van der Waals surface area (Å²) in [5.41, 5.74) is 7.02. The molecule has 1 aromatic carbocycles. The van der Waals surface area contributed by atoms with E-state index in [1.54, 1.807) is 0 Å². The van der Waals surface area contributed by atoms with E-state index < -0.39 is 0 Å². The minimum Gasteiger partial charge on any atom is -0.330 e. The van der Waals surface area contributed by atoms with E-state index in [0.717, 1.165) is 39.1 Å². The van der Waals surface area contributed by atoms with Crippen LogP contribution < -0.4 is 5.73 Å². The normalized spacial score (nSPS) is 25.6. The van der Waals surface area contributed by atoms with Crippen molar-refractivity contribution in [2.45, 2.75) is 38.9 Å². The van der Waals surface area contributed by atoms with Crippen LogP contribution in [0.25, 0.3) is 0 Å². The molecule has 19 heavy (non-hydrogen) atoms. The van der Waals surface area contributed by atoms with Crippen LogP contribution in [0.2, 0.25) is 0 Å². The van der Waals surface area contributed by atoms with Gasteiger partial charge in [-0.2, -0.15) is 0 Å². The van der Waals surface area contributed by atoms with Gasteiger partial charge < -0.3 is 10.6 Å². The van der Waals surface area contributed by atoms with E-state index in [1.807, 2.05) is 0 Å². The lowest BCUT2D eigenvalue weighted by molar-refractivity contribution is 0.0327. The molecule has 106 valence electrons. The monoisotopic (exact) mass is 261 g/mol. The molecule has 0 spiro atoms. The van der Waals surface area contributed by atoms with Crippen molar-refractivity contribution in [3.05, 3.63) is 35.9 Å². The number of benzene rings is 1. The van der Waals surface area contributed by atoms with E-state index in [2.05, 4.69) is 54.0 Å². The maximum atomic E-state index is 5.61. The number of hydrogen-bond acceptors (Lipinski definition) is 3. The van der Waals surface area contributed by atoms with E-state index >= 15 is 0 Å². The van der Waals surface area contributed by atoms with Crippen LogP contribution >= 0.6 is 0 Å². The molecule has 2 rings (SSSR count). The van der Waals surface area contributed by atoms with Crippen molar-refractivity contribution in [1.82, 2.24) is 9.80 Å². The van der Waals surface area contributed by atoms with E-state index in [0.29, 0.717) is 12.1 Å². The Hall–Kier alpha value is -0.900. The molecule has 1 aliphatic rings. The first-order chi connectivity index (χ1) is 9.20. The third-order valence-electron chi connectivity index (χ3n) is 4.06. The molecule has 3 nitrogen and oxygen atoms in total. The van der Waals surface area contributed by atoms with Gasteiger partial charge in [-0.25, -0.2) is 0 Å². The van der Waals surface area contributed by atoms with Crippen molar-refractivity contribution in [3.8, 4) is 0 Å². The van der Waals surface area contributed by atoms with Crippen molar-refractivity contribution in [1.29, 1.82) is 0 Å². The van der Waals surface area contributed by atoms with Gasteiger partial charge in [0.05, 0.1) is 0 Å². The number of hydrogen-bond donors (Lipinski definition) is 1. The van der Waals surface area contributed by atoms with Gasteiger partial charge in [0.1, 0.15) is 0 Å². The Morgan fingerprint density at radius 1 is 1.11 bits per heavy atom. The first kappa shape index (κ1) is 14.5. The van der Waals surface area contributed by atoms with Crippen molar-refractivity contribution >= 4 is 0 Å². The van der Waals surface area contributed by atoms with Crippen LogP contribution in [-0.4, -0.2) is 48.1 Å². The predicted octanol–water partition coefficient (Wildman–Crippen LogP) is 1.93. The summed E-state index contributed by atoms with van der Waals surface area (Å²) in [6, 6.07) is 12.0. The van der Waals surface area contributed by atoms with Crippen molar-refractivity contribution < 1.29 is 0 Å². The van der Waals surface area contributed by atoms with Gasteiger partial charge in [-0.1, -0.05) is 30.3 Å². The summed E-state index contributed by atoms with van der Waals surface area (Å²) >= 11 is 0. The molecule has 0 radical (unpaired) electrons. The van der Waals surface area contributed by atoms with Crippen LogP contribution in [0.1, 0.15) is 25.8 Å². The molecule has 2 unspecified atom stereocenters. The highest BCUT2D eigenvalue weighted by Crippen LogP contribution is 2.18. The summed E-state index contributed by atoms with van der Waals surface area (Å²) in [6.07, 6.45) is 1.11. The Bertz CT molecular complexity index is 354. The maximum absolute atomic E-state index is 5.61. The molecule has 1 aromatic rings. The lowest BCUT2D eigenvalue weighted by Gasteiger charge is -2.44. The lowest BCUT2D eigenvalue weighted by Crippen LogP contribution is -2.56. The van der Waals surface area contributed by atoms with Gasteiger partial charge in [0, 0.05) is 31.7 Å². The molecule has 0 amide bonds. The highest BCUT2D eigenvalue weighted by atomic mass is 15.3. The van der Waals surface area contributed by atoms with Crippen molar-refractivity contribution in [3.63, 3.8) is 0 Å². The first-order valence-corrected chi connectivity index (χ1v) is 7.42. The molecular formula is C16H27N3. The third-order valence-corrected chi connectivity index (χ3v) is 4.06. The molecule has 1 saturated heterocycles. The summed E-state index contributed by atoms with van der Waals surface area (Å²) in [5, 5.41) is 0. The second-order valence-electron chi connectivity index (χ2n) is 5.76. The van der Waals surface area contributed by atoms with E-state index in [1.165, 1.54) is 5.56 Å². The summed E-state index contributed by atoms with van der Waals surface area (Å²) in [4.78, 5) is 5.18. The Kier molecular flexibility index (Phi) is 5.37. The van der Waals surface area contributed by atoms with Crippen LogP contribution in [0.3, 0.4) is 0 Å². The van der Waals surface area contributed by atoms with Gasteiger partial charge in [-0.05, 0) is 38.9 Å². The Morgan fingerprint density at radius 2 is 1.74 bits per heavy atom. The SMILES string of the molecule is CC1CN(CCCN)CC(C)N1Cc1ccccc1. The number of nitrogens with zero attached hydrogens (tertiary/aromatic N) is 2. The third kappa shape index (κ3) is 4.03. The summed E-state index contributed by atoms with van der Waals surface area (Å²) in [5.74, 6) is 0. The molecule has 2 atom stereocenters. The summed E-state index contributed by atoms with van der Waals surface area (Å²) in [6.45, 7) is 10.0. The fourth-order valence-electron chi connectivity index (χ4n) is 3.07. The second-order valence-corrected chi connectivity index (χ2v) is 5.76. The number of nitrogens with two attached hydrogens (primary N) is 1. The molecule has 0 aromatic heterocycles. The molecule has 1 heterocycles. The molecule has 0 aliphatic carbocycles. The largest absolute Gasteiger partial charge is 0.330 e. The summed E-state index contributed by atoms with van der Waals surface area (Å²) < 4.78 is 0. The zero-order chi connectivity index (χ0) is 13.7. The standard InChI is InChI=1S/C16H27N3/c1-14-11-18(10-6-9-17)12-15(2)19(14)13-16-7-4-3-5-8-16/h3-5,7-8,14-15H,6,9-13,17H2,1-2H3. The van der Waals surface area contributed by atoms with Crippen LogP contribution in [0.15, 0.2) is 30.3 Å². The molecule has 2 N–H and O–H groups in total. The molecule has 1 fully saturated rings. The van der Waals surface area contributed by atoms with E-state index in [-0.39, 0.29) is 0 Å². The fourth-order valence-corrected chi connectivity index (χ4v) is 3.07. The summed E-state index contributed by atoms with van der Waals surface area (Å²) in [7, 11) is 0. The highest BCUT2D eigenvalue weighted by molar-refractivity contribution is 5.15. The Labute approximate surface area is 117 Å². The molecular weight excluding hydrogens is 234 g/mol. The van der Waals surface area contributed by atoms with Crippen LogP contribution in [0.5, 0.6) is 0 Å². The zero-order valence-corrected chi connectivity index (χ0v) is 12.3. The average Bonchev–Trinajstić information content (AvgIpc) is 2.42. The van der Waals surface area contributed by atoms with Crippen LogP contribution in [0, 0.1) is 0 Å². The topological polar surface area (TPSA) is 32.5 Å². The fraction of sp³-hybridized carbons (Fsp3) is 0.625. The van der Waals surface area contributed by atoms with Gasteiger partial charge in [-0.3, -0.25) is 4.90 Å². The molecule has 3 heteroatoms. The van der Waals surface area contributed by atoms with Gasteiger partial charge in [0.2, 0.25) is 0 Å². The van der Waals surface area contributed by atoms with Crippen LogP contribution in [0.4, 0.5) is 0 Å². The van der Waals surface area contributed by atoms with Gasteiger partial charge in [0.15, 0.2) is 0 Å². The molecule has 0 bridgehead atoms. The highest BCUT2D eigenvalue weighted by Gasteiger charge is 2.28. The van der Waals surface area contributed by atoms with E-state index in [9.17, 15) is 0 Å². The van der Waals surface area contributed by atoms with Gasteiger partial charge >= 0.3 is 0 Å². The smallest absolute Gasteiger partial charge is 0.0240 e. The maximum Gasteiger partial charge on any atom is 0.0240 e.